The summed E-state index contributed by atoms with van der Waals surface area (Å²) >= 11 is 1.37. The number of amides is 1. The SMILES string of the molecule is C#C[C@@H]([C@@H]1CCCN1C(=O)OC(C)(C)C)n1ncc2c(SC)nc(C(=O)OC)nc21. The van der Waals surface area contributed by atoms with E-state index in [2.05, 4.69) is 21.0 Å². The Morgan fingerprint density at radius 1 is 1.37 bits per heavy atom. The van der Waals surface area contributed by atoms with Gasteiger partial charge in [-0.1, -0.05) is 5.92 Å². The molecule has 0 unspecified atom stereocenters. The third kappa shape index (κ3) is 4.21. The van der Waals surface area contributed by atoms with Crippen LogP contribution in [-0.2, 0) is 9.47 Å². The lowest BCUT2D eigenvalue weighted by Gasteiger charge is -2.31. The molecule has 3 rings (SSSR count). The number of methoxy groups -OCH3 is 1. The number of ether oxygens (including phenoxy) is 2. The lowest BCUT2D eigenvalue weighted by atomic mass is 10.1. The van der Waals surface area contributed by atoms with E-state index in [1.165, 1.54) is 18.9 Å². The van der Waals surface area contributed by atoms with Crippen molar-refractivity contribution in [2.75, 3.05) is 19.9 Å². The van der Waals surface area contributed by atoms with E-state index >= 15 is 0 Å². The van der Waals surface area contributed by atoms with Gasteiger partial charge in [0.2, 0.25) is 5.82 Å². The van der Waals surface area contributed by atoms with Crippen LogP contribution in [0.3, 0.4) is 0 Å². The molecule has 9 nitrogen and oxygen atoms in total. The molecule has 3 heterocycles. The van der Waals surface area contributed by atoms with Crippen molar-refractivity contribution in [3.63, 3.8) is 0 Å². The Morgan fingerprint density at radius 2 is 2.10 bits per heavy atom. The molecule has 10 heteroatoms. The number of carbonyl (C=O) groups is 2. The Kier molecular flexibility index (Phi) is 6.22. The van der Waals surface area contributed by atoms with Crippen molar-refractivity contribution >= 4 is 34.9 Å². The maximum Gasteiger partial charge on any atom is 0.410 e. The number of fused-ring (bicyclic) bond motifs is 1. The smallest absolute Gasteiger partial charge is 0.410 e. The van der Waals surface area contributed by atoms with Crippen molar-refractivity contribution in [3.05, 3.63) is 12.0 Å². The molecule has 0 spiro atoms. The van der Waals surface area contributed by atoms with Crippen molar-refractivity contribution in [3.8, 4) is 12.3 Å². The minimum Gasteiger partial charge on any atom is -0.463 e. The molecule has 0 N–H and O–H groups in total. The predicted molar refractivity (Wildman–Crippen MR) is 112 cm³/mol. The van der Waals surface area contributed by atoms with Crippen LogP contribution in [0.15, 0.2) is 11.2 Å². The van der Waals surface area contributed by atoms with E-state index in [4.69, 9.17) is 15.9 Å². The molecule has 0 aliphatic carbocycles. The molecular weight excluding hydrogens is 406 g/mol. The number of nitrogens with zero attached hydrogens (tertiary/aromatic N) is 5. The van der Waals surface area contributed by atoms with Gasteiger partial charge in [-0.05, 0) is 39.9 Å². The summed E-state index contributed by atoms with van der Waals surface area (Å²) in [6.07, 6.45) is 10.5. The van der Waals surface area contributed by atoms with Gasteiger partial charge >= 0.3 is 12.1 Å². The highest BCUT2D eigenvalue weighted by molar-refractivity contribution is 7.98. The molecule has 2 atom stereocenters. The molecule has 1 amide bonds. The molecule has 2 aromatic rings. The van der Waals surface area contributed by atoms with Gasteiger partial charge in [-0.15, -0.1) is 18.2 Å². The quantitative estimate of drug-likeness (QED) is 0.315. The molecule has 0 radical (unpaired) electrons. The normalized spacial score (nSPS) is 17.6. The molecule has 1 fully saturated rings. The summed E-state index contributed by atoms with van der Waals surface area (Å²) in [6.45, 7) is 6.02. The summed E-state index contributed by atoms with van der Waals surface area (Å²) in [4.78, 5) is 35.0. The predicted octanol–water partition coefficient (Wildman–Crippen LogP) is 2.91. The molecular formula is C20H25N5O4S. The minimum absolute atomic E-state index is 0.0673. The Labute approximate surface area is 179 Å². The zero-order valence-corrected chi connectivity index (χ0v) is 18.5. The summed E-state index contributed by atoms with van der Waals surface area (Å²) in [7, 11) is 1.27. The van der Waals surface area contributed by atoms with Gasteiger partial charge < -0.3 is 14.4 Å². The van der Waals surface area contributed by atoms with Crippen molar-refractivity contribution in [1.29, 1.82) is 0 Å². The standard InChI is InChI=1S/C20H25N5O4S/c1-7-13(14-9-8-10-24(14)19(27)29-20(2,3)4)25-16-12(11-21-25)17(30-6)23-15(22-16)18(26)28-5/h1,11,13-14H,8-10H2,2-6H3/t13-,14-/m0/s1. The van der Waals surface area contributed by atoms with Crippen LogP contribution in [0.4, 0.5) is 4.79 Å². The van der Waals surface area contributed by atoms with Crippen molar-refractivity contribution in [2.45, 2.75) is 56.3 Å². The Balaban J connectivity index is 2.03. The number of aromatic nitrogens is 4. The van der Waals surface area contributed by atoms with Crippen LogP contribution in [0.5, 0.6) is 0 Å². The molecule has 1 saturated heterocycles. The van der Waals surface area contributed by atoms with E-state index in [0.717, 1.165) is 6.42 Å². The summed E-state index contributed by atoms with van der Waals surface area (Å²) in [6, 6.07) is -0.880. The zero-order valence-electron chi connectivity index (χ0n) is 17.7. The fourth-order valence-electron chi connectivity index (χ4n) is 3.45. The first-order valence-electron chi connectivity index (χ1n) is 9.53. The van der Waals surface area contributed by atoms with E-state index in [-0.39, 0.29) is 11.9 Å². The topological polar surface area (TPSA) is 99.4 Å². The first-order chi connectivity index (χ1) is 14.2. The van der Waals surface area contributed by atoms with E-state index in [0.29, 0.717) is 29.0 Å². The van der Waals surface area contributed by atoms with Gasteiger partial charge in [-0.25, -0.2) is 24.2 Å². The molecule has 1 aliphatic heterocycles. The average molecular weight is 432 g/mol. The number of hydrogen-bond acceptors (Lipinski definition) is 8. The Hall–Kier alpha value is -2.80. The van der Waals surface area contributed by atoms with Gasteiger partial charge in [-0.2, -0.15) is 5.10 Å². The highest BCUT2D eigenvalue weighted by atomic mass is 32.2. The molecule has 0 aromatic carbocycles. The molecule has 1 aliphatic rings. The first-order valence-corrected chi connectivity index (χ1v) is 10.8. The van der Waals surface area contributed by atoms with Crippen molar-refractivity contribution < 1.29 is 19.1 Å². The number of thioether (sulfide) groups is 1. The number of carbonyl (C=O) groups excluding carboxylic acids is 2. The number of rotatable bonds is 4. The molecule has 2 aromatic heterocycles. The van der Waals surface area contributed by atoms with E-state index in [9.17, 15) is 9.59 Å². The molecule has 160 valence electrons. The first kappa shape index (κ1) is 21.9. The summed E-state index contributed by atoms with van der Waals surface area (Å²) in [5.41, 5.74) is -0.182. The van der Waals surface area contributed by atoms with Gasteiger partial charge in [0.25, 0.3) is 0 Å². The maximum atomic E-state index is 12.7. The van der Waals surface area contributed by atoms with Crippen LogP contribution in [0.1, 0.15) is 50.3 Å². The lowest BCUT2D eigenvalue weighted by Crippen LogP contribution is -2.43. The van der Waals surface area contributed by atoms with Gasteiger partial charge in [0.05, 0.1) is 24.7 Å². The van der Waals surface area contributed by atoms with E-state index in [1.54, 1.807) is 15.8 Å². The number of terminal acetylenes is 1. The summed E-state index contributed by atoms with van der Waals surface area (Å²) < 4.78 is 11.9. The van der Waals surface area contributed by atoms with Gasteiger partial charge in [-0.3, -0.25) is 0 Å². The second-order valence-corrected chi connectivity index (χ2v) is 8.66. The Morgan fingerprint density at radius 3 is 2.70 bits per heavy atom. The average Bonchev–Trinajstić information content (AvgIpc) is 3.34. The maximum absolute atomic E-state index is 12.7. The summed E-state index contributed by atoms with van der Waals surface area (Å²) in [5, 5.41) is 5.71. The lowest BCUT2D eigenvalue weighted by molar-refractivity contribution is 0.0199. The van der Waals surface area contributed by atoms with E-state index < -0.39 is 23.7 Å². The fraction of sp³-hybridized carbons (Fsp3) is 0.550. The second kappa shape index (κ2) is 8.52. The number of likely N-dealkylation sites (tertiary alicyclic amines) is 1. The molecule has 0 bridgehead atoms. The van der Waals surface area contributed by atoms with Gasteiger partial charge in [0.1, 0.15) is 16.7 Å². The highest BCUT2D eigenvalue weighted by Gasteiger charge is 2.38. The van der Waals surface area contributed by atoms with Crippen molar-refractivity contribution in [1.82, 2.24) is 24.6 Å². The second-order valence-electron chi connectivity index (χ2n) is 7.87. The summed E-state index contributed by atoms with van der Waals surface area (Å²) in [5.74, 6) is 2.04. The number of hydrogen-bond donors (Lipinski definition) is 0. The van der Waals surface area contributed by atoms with Crippen LogP contribution in [-0.4, -0.2) is 68.3 Å². The minimum atomic E-state index is -0.645. The molecule has 30 heavy (non-hydrogen) atoms. The van der Waals surface area contributed by atoms with E-state index in [1.807, 2.05) is 27.0 Å². The van der Waals surface area contributed by atoms with Crippen LogP contribution >= 0.6 is 11.8 Å². The van der Waals surface area contributed by atoms with Crippen LogP contribution in [0, 0.1) is 12.3 Å². The van der Waals surface area contributed by atoms with Crippen LogP contribution in [0.2, 0.25) is 0 Å². The third-order valence-electron chi connectivity index (χ3n) is 4.71. The highest BCUT2D eigenvalue weighted by Crippen LogP contribution is 2.32. The molecule has 0 saturated carbocycles. The fourth-order valence-corrected chi connectivity index (χ4v) is 4.00. The van der Waals surface area contributed by atoms with Gasteiger partial charge in [0.15, 0.2) is 5.65 Å². The largest absolute Gasteiger partial charge is 0.463 e. The monoisotopic (exact) mass is 431 g/mol. The Bertz CT molecular complexity index is 1010. The van der Waals surface area contributed by atoms with Crippen LogP contribution < -0.4 is 0 Å². The zero-order chi connectivity index (χ0) is 22.1. The number of esters is 1. The van der Waals surface area contributed by atoms with Crippen molar-refractivity contribution in [2.24, 2.45) is 0 Å². The third-order valence-corrected chi connectivity index (χ3v) is 5.40. The van der Waals surface area contributed by atoms with Gasteiger partial charge in [0, 0.05) is 6.54 Å². The van der Waals surface area contributed by atoms with Crippen LogP contribution in [0.25, 0.3) is 11.0 Å².